The number of hydrogen-bond donors (Lipinski definition) is 0. The van der Waals surface area contributed by atoms with E-state index < -0.39 is 28.6 Å². The van der Waals surface area contributed by atoms with Crippen LogP contribution in [-0.4, -0.2) is 49.0 Å². The van der Waals surface area contributed by atoms with Gasteiger partial charge in [-0.25, -0.2) is 4.79 Å². The number of nitrogens with zero attached hydrogens (tertiary/aromatic N) is 2. The van der Waals surface area contributed by atoms with E-state index in [1.54, 1.807) is 30.3 Å². The Hall–Kier alpha value is -3.62. The molecule has 9 nitrogen and oxygen atoms in total. The number of benzene rings is 2. The van der Waals surface area contributed by atoms with E-state index in [4.69, 9.17) is 14.2 Å². The molecule has 146 valence electrons. The van der Waals surface area contributed by atoms with Gasteiger partial charge in [-0.05, 0) is 0 Å². The van der Waals surface area contributed by atoms with Crippen molar-refractivity contribution in [3.05, 3.63) is 63.7 Å². The van der Waals surface area contributed by atoms with Crippen molar-refractivity contribution in [2.75, 3.05) is 27.3 Å². The number of esters is 1. The number of carbonyl (C=O) groups is 2. The van der Waals surface area contributed by atoms with Crippen LogP contribution in [0.15, 0.2) is 42.5 Å². The van der Waals surface area contributed by atoms with Crippen molar-refractivity contribution in [3.63, 3.8) is 0 Å². The van der Waals surface area contributed by atoms with Crippen LogP contribution in [0.4, 0.5) is 5.69 Å². The number of hydrogen-bond acceptors (Lipinski definition) is 7. The smallest absolute Gasteiger partial charge is 0.346 e. The van der Waals surface area contributed by atoms with E-state index in [0.717, 1.165) is 6.07 Å². The van der Waals surface area contributed by atoms with Crippen LogP contribution in [0.2, 0.25) is 0 Å². The molecule has 2 aromatic rings. The van der Waals surface area contributed by atoms with Gasteiger partial charge in [-0.1, -0.05) is 30.3 Å². The highest BCUT2D eigenvalue weighted by atomic mass is 16.6. The molecule has 9 heteroatoms. The molecule has 28 heavy (non-hydrogen) atoms. The summed E-state index contributed by atoms with van der Waals surface area (Å²) in [6.07, 6.45) is -1.24. The second-order valence-corrected chi connectivity index (χ2v) is 6.20. The largest absolute Gasteiger partial charge is 0.486 e. The molecule has 1 heterocycles. The van der Waals surface area contributed by atoms with E-state index in [1.807, 2.05) is 0 Å². The minimum atomic E-state index is -1.24. The van der Waals surface area contributed by atoms with Crippen molar-refractivity contribution in [1.29, 1.82) is 0 Å². The number of likely N-dealkylation sites (N-methyl/N-ethyl adjacent to an activating group) is 1. The van der Waals surface area contributed by atoms with Crippen LogP contribution in [0, 0.1) is 10.1 Å². The molecular formula is C19H18N2O7. The zero-order chi connectivity index (χ0) is 20.3. The molecule has 0 N–H and O–H groups in total. The number of amides is 1. The fraction of sp³-hybridized carbons (Fsp3) is 0.263. The highest BCUT2D eigenvalue weighted by Crippen LogP contribution is 2.37. The van der Waals surface area contributed by atoms with Gasteiger partial charge in [0.2, 0.25) is 6.10 Å². The van der Waals surface area contributed by atoms with Crippen LogP contribution >= 0.6 is 0 Å². The lowest BCUT2D eigenvalue weighted by atomic mass is 10.1. The molecule has 0 saturated carbocycles. The number of nitro benzene ring substituents is 1. The van der Waals surface area contributed by atoms with Crippen molar-refractivity contribution < 1.29 is 28.7 Å². The first-order valence-electron chi connectivity index (χ1n) is 8.43. The minimum Gasteiger partial charge on any atom is -0.486 e. The van der Waals surface area contributed by atoms with Crippen LogP contribution in [-0.2, 0) is 9.53 Å². The van der Waals surface area contributed by atoms with Gasteiger partial charge < -0.3 is 19.1 Å². The van der Waals surface area contributed by atoms with Gasteiger partial charge in [0.1, 0.15) is 18.8 Å². The lowest BCUT2D eigenvalue weighted by Gasteiger charge is -2.22. The molecule has 0 bridgehead atoms. The Kier molecular flexibility index (Phi) is 5.44. The highest BCUT2D eigenvalue weighted by molar-refractivity contribution is 5.97. The SMILES string of the molecule is CN(C)C(=O)[C@@H](OC(=O)c1cc2c(cc1[N+](=O)[O-])OCCO2)c1ccccc1. The van der Waals surface area contributed by atoms with Gasteiger partial charge >= 0.3 is 5.97 Å². The predicted octanol–water partition coefficient (Wildman–Crippen LogP) is 2.35. The van der Waals surface area contributed by atoms with Gasteiger partial charge in [0, 0.05) is 25.7 Å². The molecule has 3 rings (SSSR count). The topological polar surface area (TPSA) is 108 Å². The summed E-state index contributed by atoms with van der Waals surface area (Å²) >= 11 is 0. The minimum absolute atomic E-state index is 0.179. The molecule has 1 aliphatic rings. The molecule has 1 amide bonds. The highest BCUT2D eigenvalue weighted by Gasteiger charge is 2.32. The third-order valence-electron chi connectivity index (χ3n) is 4.07. The van der Waals surface area contributed by atoms with E-state index >= 15 is 0 Å². The summed E-state index contributed by atoms with van der Waals surface area (Å²) in [4.78, 5) is 37.3. The number of carbonyl (C=O) groups excluding carboxylic acids is 2. The molecule has 2 aromatic carbocycles. The monoisotopic (exact) mass is 386 g/mol. The molecule has 0 aromatic heterocycles. The van der Waals surface area contributed by atoms with E-state index in [1.165, 1.54) is 25.1 Å². The zero-order valence-corrected chi connectivity index (χ0v) is 15.3. The summed E-state index contributed by atoms with van der Waals surface area (Å²) in [7, 11) is 3.05. The van der Waals surface area contributed by atoms with Gasteiger partial charge in [-0.3, -0.25) is 14.9 Å². The summed E-state index contributed by atoms with van der Waals surface area (Å²) in [6, 6.07) is 10.8. The third-order valence-corrected chi connectivity index (χ3v) is 4.07. The van der Waals surface area contributed by atoms with Crippen LogP contribution in [0.1, 0.15) is 22.0 Å². The number of rotatable bonds is 5. The van der Waals surface area contributed by atoms with Gasteiger partial charge in [-0.2, -0.15) is 0 Å². The summed E-state index contributed by atoms with van der Waals surface area (Å²) in [5, 5.41) is 11.4. The molecule has 0 aliphatic carbocycles. The van der Waals surface area contributed by atoms with Crippen molar-refractivity contribution in [2.45, 2.75) is 6.10 Å². The Morgan fingerprint density at radius 2 is 1.71 bits per heavy atom. The van der Waals surface area contributed by atoms with E-state index in [9.17, 15) is 19.7 Å². The standard InChI is InChI=1S/C19H18N2O7/c1-20(2)18(22)17(12-6-4-3-5-7-12)28-19(23)13-10-15-16(27-9-8-26-15)11-14(13)21(24)25/h3-7,10-11,17H,8-9H2,1-2H3/t17-/m0/s1. The Morgan fingerprint density at radius 1 is 1.11 bits per heavy atom. The second-order valence-electron chi connectivity index (χ2n) is 6.20. The van der Waals surface area contributed by atoms with Crippen LogP contribution in [0.3, 0.4) is 0 Å². The predicted molar refractivity (Wildman–Crippen MR) is 97.4 cm³/mol. The first kappa shape index (κ1) is 19.2. The maximum absolute atomic E-state index is 12.8. The average Bonchev–Trinajstić information content (AvgIpc) is 2.70. The Morgan fingerprint density at radius 3 is 2.29 bits per heavy atom. The molecule has 1 atom stereocenters. The maximum Gasteiger partial charge on any atom is 0.346 e. The quantitative estimate of drug-likeness (QED) is 0.441. The summed E-state index contributed by atoms with van der Waals surface area (Å²) in [5.74, 6) is -1.09. The zero-order valence-electron chi connectivity index (χ0n) is 15.3. The molecule has 0 radical (unpaired) electrons. The van der Waals surface area contributed by atoms with E-state index in [2.05, 4.69) is 0 Å². The summed E-state index contributed by atoms with van der Waals surface area (Å²) in [6.45, 7) is 0.506. The first-order valence-corrected chi connectivity index (χ1v) is 8.43. The van der Waals surface area contributed by atoms with E-state index in [-0.39, 0.29) is 30.3 Å². The number of fused-ring (bicyclic) bond motifs is 1. The molecule has 0 saturated heterocycles. The van der Waals surface area contributed by atoms with Crippen molar-refractivity contribution in [2.24, 2.45) is 0 Å². The van der Waals surface area contributed by atoms with Gasteiger partial charge in [0.25, 0.3) is 11.6 Å². The van der Waals surface area contributed by atoms with Gasteiger partial charge in [0.15, 0.2) is 11.5 Å². The second kappa shape index (κ2) is 7.95. The van der Waals surface area contributed by atoms with E-state index in [0.29, 0.717) is 5.56 Å². The Balaban J connectivity index is 1.98. The molecule has 1 aliphatic heterocycles. The van der Waals surface area contributed by atoms with Gasteiger partial charge in [-0.15, -0.1) is 0 Å². The van der Waals surface area contributed by atoms with Crippen LogP contribution in [0.5, 0.6) is 11.5 Å². The Labute approximate surface area is 160 Å². The van der Waals surface area contributed by atoms with Gasteiger partial charge in [0.05, 0.1) is 11.0 Å². The summed E-state index contributed by atoms with van der Waals surface area (Å²) in [5.41, 5.74) is -0.352. The first-order chi connectivity index (χ1) is 13.4. The fourth-order valence-electron chi connectivity index (χ4n) is 2.69. The number of nitro groups is 1. The molecule has 0 fully saturated rings. The van der Waals surface area contributed by atoms with Crippen molar-refractivity contribution >= 4 is 17.6 Å². The Bertz CT molecular complexity index is 912. The van der Waals surface area contributed by atoms with Crippen molar-refractivity contribution in [3.8, 4) is 11.5 Å². The van der Waals surface area contributed by atoms with Crippen LogP contribution < -0.4 is 9.47 Å². The molecular weight excluding hydrogens is 368 g/mol. The number of ether oxygens (including phenoxy) is 3. The molecule has 0 unspecified atom stereocenters. The third kappa shape index (κ3) is 3.88. The normalized spacial score (nSPS) is 13.4. The van der Waals surface area contributed by atoms with Crippen LogP contribution in [0.25, 0.3) is 0 Å². The summed E-state index contributed by atoms with van der Waals surface area (Å²) < 4.78 is 16.1. The van der Waals surface area contributed by atoms with Crippen molar-refractivity contribution in [1.82, 2.24) is 4.90 Å². The lowest BCUT2D eigenvalue weighted by Crippen LogP contribution is -2.31. The fourth-order valence-corrected chi connectivity index (χ4v) is 2.69. The lowest BCUT2D eigenvalue weighted by molar-refractivity contribution is -0.385. The average molecular weight is 386 g/mol. The maximum atomic E-state index is 12.8. The molecule has 0 spiro atoms.